The predicted molar refractivity (Wildman–Crippen MR) is 47.6 cm³/mol. The molecular weight excluding hydrogens is 155 g/mol. The first-order valence-electron chi connectivity index (χ1n) is 2.92. The van der Waals surface area contributed by atoms with Crippen LogP contribution in [0.5, 0.6) is 5.75 Å². The molecule has 0 aliphatic rings. The van der Waals surface area contributed by atoms with Gasteiger partial charge in [-0.2, -0.15) is 0 Å². The third kappa shape index (κ3) is 11.2. The number of phenolic OH excluding ortho intramolecular Hbond substituents is 1. The lowest BCUT2D eigenvalue weighted by Gasteiger charge is -1.82. The van der Waals surface area contributed by atoms with Crippen molar-refractivity contribution in [3.8, 4) is 5.75 Å². The van der Waals surface area contributed by atoms with Gasteiger partial charge in [-0.1, -0.05) is 18.2 Å². The Morgan fingerprint density at radius 1 is 1.17 bits per heavy atom. The molecule has 4 nitrogen and oxygen atoms in total. The number of carbonyl (C=O) groups excluding carboxylic acids is 1. The van der Waals surface area contributed by atoms with Crippen molar-refractivity contribution >= 4 is 14.4 Å². The molecule has 0 aliphatic carbocycles. The van der Waals surface area contributed by atoms with E-state index in [1.807, 2.05) is 6.07 Å². The Kier molecular flexibility index (Phi) is 8.07. The number of urea groups is 1. The Hall–Kier alpha value is -1.65. The van der Waals surface area contributed by atoms with Crippen molar-refractivity contribution in [1.29, 1.82) is 0 Å². The summed E-state index contributed by atoms with van der Waals surface area (Å²) in [5.74, 6) is 0.322. The summed E-state index contributed by atoms with van der Waals surface area (Å²) in [5, 5.41) is 8.63. The quantitative estimate of drug-likeness (QED) is 0.473. The van der Waals surface area contributed by atoms with E-state index in [1.165, 1.54) is 0 Å². The van der Waals surface area contributed by atoms with E-state index in [0.29, 0.717) is 5.75 Å². The molecule has 1 rings (SSSR count). The van der Waals surface area contributed by atoms with E-state index in [4.69, 9.17) is 9.90 Å². The average molecular weight is 165 g/mol. The molecule has 0 unspecified atom stereocenters. The summed E-state index contributed by atoms with van der Waals surface area (Å²) in [6.07, 6.45) is 0. The van der Waals surface area contributed by atoms with E-state index in [1.54, 1.807) is 24.3 Å². The maximum atomic E-state index is 9.00. The van der Waals surface area contributed by atoms with E-state index >= 15 is 0 Å². The summed E-state index contributed by atoms with van der Waals surface area (Å²) in [7, 11) is 0. The van der Waals surface area contributed by atoms with E-state index < -0.39 is 6.03 Å². The zero-order chi connectivity index (χ0) is 8.69. The number of para-hydroxylation sites is 1. The molecule has 0 heterocycles. The Morgan fingerprint density at radius 2 is 1.50 bits per heavy atom. The Morgan fingerprint density at radius 3 is 1.67 bits per heavy atom. The zero-order valence-electron chi connectivity index (χ0n) is 6.47. The fraction of sp³-hybridized carbons (Fsp3) is 0. The molecule has 0 saturated heterocycles. The summed E-state index contributed by atoms with van der Waals surface area (Å²) in [5.41, 5.74) is 8.50. The standard InChI is InChI=1S/C6H6O.CH4N2O.B/c7-6-4-2-1-3-5-6;2-1(3)4;/h1-5,7H;(H4,2,3,4);. The number of benzene rings is 1. The molecule has 1 aromatic rings. The van der Waals surface area contributed by atoms with Gasteiger partial charge in [-0.25, -0.2) is 4.79 Å². The van der Waals surface area contributed by atoms with Crippen molar-refractivity contribution in [2.24, 2.45) is 11.5 Å². The largest absolute Gasteiger partial charge is 0.508 e. The summed E-state index contributed by atoms with van der Waals surface area (Å²) in [4.78, 5) is 9.00. The van der Waals surface area contributed by atoms with Gasteiger partial charge in [0.15, 0.2) is 0 Å². The number of primary amides is 2. The second-order valence-corrected chi connectivity index (χ2v) is 1.74. The number of aromatic hydroxyl groups is 1. The smallest absolute Gasteiger partial charge is 0.309 e. The van der Waals surface area contributed by atoms with Crippen LogP contribution in [0.1, 0.15) is 0 Å². The molecule has 0 bridgehead atoms. The number of amides is 2. The molecule has 3 radical (unpaired) electrons. The SMILES string of the molecule is NC(N)=O.Oc1ccccc1.[B]. The maximum absolute atomic E-state index is 9.00. The number of nitrogens with two attached hydrogens (primary N) is 2. The third-order valence-corrected chi connectivity index (χ3v) is 0.756. The molecule has 0 atom stereocenters. The fourth-order valence-electron chi connectivity index (χ4n) is 0.428. The molecule has 12 heavy (non-hydrogen) atoms. The van der Waals surface area contributed by atoms with Crippen molar-refractivity contribution in [2.45, 2.75) is 0 Å². The van der Waals surface area contributed by atoms with Gasteiger partial charge in [0.25, 0.3) is 0 Å². The van der Waals surface area contributed by atoms with Crippen molar-refractivity contribution in [3.63, 3.8) is 0 Å². The molecular formula is C7H10BN2O2. The number of hydrogen-bond donors (Lipinski definition) is 3. The van der Waals surface area contributed by atoms with Gasteiger partial charge in [-0.15, -0.1) is 0 Å². The average Bonchev–Trinajstić information content (AvgIpc) is 1.87. The number of rotatable bonds is 0. The normalized spacial score (nSPS) is 7.00. The zero-order valence-corrected chi connectivity index (χ0v) is 6.47. The molecule has 1 aromatic carbocycles. The van der Waals surface area contributed by atoms with Crippen LogP contribution in [-0.2, 0) is 0 Å². The van der Waals surface area contributed by atoms with Crippen LogP contribution >= 0.6 is 0 Å². The first kappa shape index (κ1) is 13.0. The predicted octanol–water partition coefficient (Wildman–Crippen LogP) is 0.0352. The van der Waals surface area contributed by atoms with Gasteiger partial charge in [0.1, 0.15) is 5.75 Å². The summed E-state index contributed by atoms with van der Waals surface area (Å²) >= 11 is 0. The van der Waals surface area contributed by atoms with Crippen LogP contribution in [0.25, 0.3) is 0 Å². The number of carbonyl (C=O) groups is 1. The Labute approximate surface area is 72.8 Å². The molecule has 0 spiro atoms. The van der Waals surface area contributed by atoms with E-state index in [9.17, 15) is 0 Å². The lowest BCUT2D eigenvalue weighted by Crippen LogP contribution is -2.18. The first-order chi connectivity index (χ1) is 5.13. The molecule has 2 amide bonds. The Balaban J connectivity index is 0. The maximum Gasteiger partial charge on any atom is 0.309 e. The summed E-state index contributed by atoms with van der Waals surface area (Å²) < 4.78 is 0. The van der Waals surface area contributed by atoms with Crippen LogP contribution in [0.3, 0.4) is 0 Å². The van der Waals surface area contributed by atoms with Crippen LogP contribution in [0.2, 0.25) is 0 Å². The van der Waals surface area contributed by atoms with E-state index in [0.717, 1.165) is 0 Å². The van der Waals surface area contributed by atoms with Crippen LogP contribution in [0.4, 0.5) is 4.79 Å². The van der Waals surface area contributed by atoms with Crippen LogP contribution < -0.4 is 11.5 Å². The lowest BCUT2D eigenvalue weighted by molar-refractivity contribution is 0.256. The summed E-state index contributed by atoms with van der Waals surface area (Å²) in [6, 6.07) is 7.88. The van der Waals surface area contributed by atoms with Gasteiger partial charge in [-0.3, -0.25) is 0 Å². The number of hydrogen-bond acceptors (Lipinski definition) is 2. The molecule has 0 aliphatic heterocycles. The topological polar surface area (TPSA) is 89.3 Å². The second-order valence-electron chi connectivity index (χ2n) is 1.74. The van der Waals surface area contributed by atoms with Crippen molar-refractivity contribution in [3.05, 3.63) is 30.3 Å². The van der Waals surface area contributed by atoms with Crippen LogP contribution in [0.15, 0.2) is 30.3 Å². The van der Waals surface area contributed by atoms with Crippen molar-refractivity contribution in [1.82, 2.24) is 0 Å². The van der Waals surface area contributed by atoms with Gasteiger partial charge in [0.2, 0.25) is 0 Å². The highest BCUT2D eigenvalue weighted by Crippen LogP contribution is 2.02. The molecule has 0 aromatic heterocycles. The lowest BCUT2D eigenvalue weighted by atomic mass is 10.3. The van der Waals surface area contributed by atoms with Crippen LogP contribution in [0, 0.1) is 0 Å². The summed E-state index contributed by atoms with van der Waals surface area (Å²) in [6.45, 7) is 0. The molecule has 63 valence electrons. The van der Waals surface area contributed by atoms with Gasteiger partial charge in [0, 0.05) is 8.41 Å². The van der Waals surface area contributed by atoms with Gasteiger partial charge >= 0.3 is 6.03 Å². The van der Waals surface area contributed by atoms with Gasteiger partial charge in [0.05, 0.1) is 0 Å². The van der Waals surface area contributed by atoms with Gasteiger partial charge < -0.3 is 16.6 Å². The highest BCUT2D eigenvalue weighted by atomic mass is 16.3. The minimum Gasteiger partial charge on any atom is -0.508 e. The first-order valence-corrected chi connectivity index (χ1v) is 2.92. The van der Waals surface area contributed by atoms with Crippen molar-refractivity contribution in [2.75, 3.05) is 0 Å². The molecule has 0 saturated carbocycles. The van der Waals surface area contributed by atoms with Crippen molar-refractivity contribution < 1.29 is 9.90 Å². The monoisotopic (exact) mass is 165 g/mol. The highest BCUT2D eigenvalue weighted by Gasteiger charge is 1.74. The Bertz CT molecular complexity index is 212. The van der Waals surface area contributed by atoms with Gasteiger partial charge in [-0.05, 0) is 12.1 Å². The second kappa shape index (κ2) is 7.46. The fourth-order valence-corrected chi connectivity index (χ4v) is 0.428. The molecule has 0 fully saturated rings. The minimum atomic E-state index is -0.833. The minimum absolute atomic E-state index is 0. The molecule has 5 heteroatoms. The third-order valence-electron chi connectivity index (χ3n) is 0.756. The van der Waals surface area contributed by atoms with E-state index in [-0.39, 0.29) is 8.41 Å². The molecule has 5 N–H and O–H groups in total. The highest BCUT2D eigenvalue weighted by molar-refractivity contribution is 5.75. The number of phenols is 1. The van der Waals surface area contributed by atoms with Crippen LogP contribution in [-0.4, -0.2) is 19.6 Å². The van der Waals surface area contributed by atoms with E-state index in [2.05, 4.69) is 11.5 Å².